The van der Waals surface area contributed by atoms with Gasteiger partial charge in [-0.2, -0.15) is 6.07 Å². The summed E-state index contributed by atoms with van der Waals surface area (Å²) in [6.45, 7) is 8.78. The average Bonchev–Trinajstić information content (AvgIpc) is 3.95. The average molecular weight is 1100 g/mol. The molecule has 3 heterocycles. The number of ether oxygens (including phenoxy) is 1. The van der Waals surface area contributed by atoms with Gasteiger partial charge in [0.25, 0.3) is 0 Å². The maximum atomic E-state index is 14.2. The largest absolute Gasteiger partial charge is 0.509 e. The van der Waals surface area contributed by atoms with Crippen molar-refractivity contribution in [1.82, 2.24) is 9.55 Å². The minimum absolute atomic E-state index is 0. The molecule has 0 bridgehead atoms. The van der Waals surface area contributed by atoms with E-state index in [4.69, 9.17) is 9.72 Å². The molecule has 7 heteroatoms. The van der Waals surface area contributed by atoms with Crippen LogP contribution in [-0.4, -0.2) is 9.55 Å². The number of hydrogen-bond donors (Lipinski definition) is 0. The third-order valence-corrected chi connectivity index (χ3v) is 13.2. The van der Waals surface area contributed by atoms with Gasteiger partial charge in [-0.05, 0) is 98.3 Å². The Morgan fingerprint density at radius 1 is 0.507 bits per heavy atom. The molecule has 0 fully saturated rings. The minimum Gasteiger partial charge on any atom is -0.509 e. The third-order valence-electron chi connectivity index (χ3n) is 13.2. The summed E-state index contributed by atoms with van der Waals surface area (Å²) in [4.78, 5) is 9.30. The molecule has 0 amide bonds. The molecule has 0 radical (unpaired) electrons. The smallest absolute Gasteiger partial charge is 0.135 e. The van der Waals surface area contributed by atoms with E-state index < -0.39 is 0 Å². The Morgan fingerprint density at radius 3 is 1.82 bits per heavy atom. The van der Waals surface area contributed by atoms with E-state index in [1.54, 1.807) is 0 Å². The van der Waals surface area contributed by atoms with Gasteiger partial charge in [-0.1, -0.05) is 166 Å². The summed E-state index contributed by atoms with van der Waals surface area (Å²) in [5, 5.41) is 2.16. The molecular formula is C64H46FN4OPt-3. The Labute approximate surface area is 428 Å². The molecular weight excluding hydrogens is 1050 g/mol. The number of pyridine rings is 1. The fraction of sp³-hybridized carbons (Fsp3) is 0.0625. The molecule has 2 aromatic heterocycles. The van der Waals surface area contributed by atoms with Crippen molar-refractivity contribution < 1.29 is 30.2 Å². The van der Waals surface area contributed by atoms with Gasteiger partial charge in [0.15, 0.2) is 0 Å². The predicted molar refractivity (Wildman–Crippen MR) is 285 cm³/mol. The van der Waals surface area contributed by atoms with Gasteiger partial charge in [0.05, 0.1) is 0 Å². The fourth-order valence-corrected chi connectivity index (χ4v) is 9.79. The summed E-state index contributed by atoms with van der Waals surface area (Å²) in [6.07, 6.45) is 1.89. The zero-order valence-electron chi connectivity index (χ0n) is 39.3. The van der Waals surface area contributed by atoms with E-state index >= 15 is 0 Å². The third kappa shape index (κ3) is 8.49. The van der Waals surface area contributed by atoms with Crippen molar-refractivity contribution in [2.45, 2.75) is 26.2 Å². The second kappa shape index (κ2) is 18.7. The first-order chi connectivity index (χ1) is 34.2. The van der Waals surface area contributed by atoms with E-state index in [9.17, 15) is 4.39 Å². The molecule has 1 aliphatic rings. The van der Waals surface area contributed by atoms with Gasteiger partial charge in [-0.3, -0.25) is 0 Å². The van der Waals surface area contributed by atoms with Crippen molar-refractivity contribution in [3.05, 3.63) is 249 Å². The number of rotatable bonds is 9. The van der Waals surface area contributed by atoms with Crippen molar-refractivity contribution in [2.24, 2.45) is 0 Å². The Balaban J connectivity index is 0.00000547. The molecule has 1 aliphatic heterocycles. The minimum atomic E-state index is -0.272. The van der Waals surface area contributed by atoms with Crippen molar-refractivity contribution in [3.63, 3.8) is 0 Å². The maximum Gasteiger partial charge on any atom is 0.135 e. The molecule has 0 atom stereocenters. The van der Waals surface area contributed by atoms with Gasteiger partial charge in [-0.25, -0.2) is 9.37 Å². The molecule has 12 rings (SSSR count). The molecule has 0 spiro atoms. The molecule has 0 saturated heterocycles. The van der Waals surface area contributed by atoms with Gasteiger partial charge in [0, 0.05) is 66.9 Å². The van der Waals surface area contributed by atoms with E-state index in [1.165, 1.54) is 17.7 Å². The molecule has 0 N–H and O–H groups in total. The molecule has 71 heavy (non-hydrogen) atoms. The number of para-hydroxylation sites is 4. The van der Waals surface area contributed by atoms with Crippen LogP contribution in [0, 0.1) is 24.6 Å². The van der Waals surface area contributed by atoms with E-state index in [2.05, 4.69) is 224 Å². The number of anilines is 4. The van der Waals surface area contributed by atoms with Gasteiger partial charge in [0.1, 0.15) is 11.6 Å². The van der Waals surface area contributed by atoms with E-state index in [1.807, 2.05) is 36.5 Å². The molecule has 5 nitrogen and oxygen atoms in total. The van der Waals surface area contributed by atoms with Crippen LogP contribution in [0.15, 0.2) is 219 Å². The van der Waals surface area contributed by atoms with Crippen LogP contribution < -0.4 is 14.5 Å². The number of hydrogen-bond acceptors (Lipinski definition) is 4. The van der Waals surface area contributed by atoms with Crippen LogP contribution in [0.2, 0.25) is 0 Å². The van der Waals surface area contributed by atoms with E-state index in [-0.39, 0.29) is 32.3 Å². The number of nitrogens with zero attached hydrogens (tertiary/aromatic N) is 4. The zero-order valence-corrected chi connectivity index (χ0v) is 41.5. The molecule has 0 saturated carbocycles. The van der Waals surface area contributed by atoms with Crippen LogP contribution in [-0.2, 0) is 26.5 Å². The normalized spacial score (nSPS) is 12.3. The monoisotopic (exact) mass is 1100 g/mol. The van der Waals surface area contributed by atoms with Gasteiger partial charge < -0.3 is 19.1 Å². The molecule has 0 unspecified atom stereocenters. The first-order valence-electron chi connectivity index (χ1n) is 23.5. The summed E-state index contributed by atoms with van der Waals surface area (Å²) < 4.78 is 23.5. The summed E-state index contributed by atoms with van der Waals surface area (Å²) in [6, 6.07) is 79.5. The van der Waals surface area contributed by atoms with Crippen molar-refractivity contribution >= 4 is 44.6 Å². The van der Waals surface area contributed by atoms with Crippen LogP contribution in [0.5, 0.6) is 11.5 Å². The summed E-state index contributed by atoms with van der Waals surface area (Å²) >= 11 is 0. The standard InChI is InChI=1S/C64H46FN4O.Pt/c1-64(2,3)47-35-36-66-62(39-47)69-58-26-13-11-22-55(58)56-34-33-50(41-61(56)69)70-51-38-46(63-53(43-17-6-4-7-18-43)23-16-24-54(63)44-19-8-5-9-20-44)37-49(40-51)67-42-68(60-28-15-14-27-59(60)67)57-25-12-10-21-52(57)45-29-31-48(65)32-30-45;/h4-39,42H,1-3H3;/q-3;. The SMILES string of the molecule is CC(C)(C)c1ccnc(-n2c3[c-]c(Oc4[c-]c(N5[CH-]N(c6ccccc6-c6ccc(F)cc6)c6ccccc65)cc(-c5c(-c6ccccc6)cccc5-c5ccccc5)c4)ccc3c3ccccc32)c1.[Pt]. The van der Waals surface area contributed by atoms with Crippen molar-refractivity contribution in [1.29, 1.82) is 0 Å². The van der Waals surface area contributed by atoms with Crippen molar-refractivity contribution in [2.75, 3.05) is 9.80 Å². The first kappa shape index (κ1) is 45.4. The molecule has 9 aromatic carbocycles. The van der Waals surface area contributed by atoms with Gasteiger partial charge in [-0.15, -0.1) is 53.6 Å². The van der Waals surface area contributed by atoms with Crippen LogP contribution in [0.25, 0.3) is 72.1 Å². The Bertz CT molecular complexity index is 3680. The van der Waals surface area contributed by atoms with Gasteiger partial charge in [0.2, 0.25) is 0 Å². The van der Waals surface area contributed by atoms with E-state index in [0.29, 0.717) is 11.5 Å². The quantitative estimate of drug-likeness (QED) is 0.135. The second-order valence-corrected chi connectivity index (χ2v) is 18.6. The van der Waals surface area contributed by atoms with Crippen molar-refractivity contribution in [3.8, 4) is 61.8 Å². The van der Waals surface area contributed by atoms with Crippen LogP contribution >= 0.6 is 0 Å². The fourth-order valence-electron chi connectivity index (χ4n) is 9.79. The van der Waals surface area contributed by atoms with Gasteiger partial charge >= 0.3 is 0 Å². The zero-order chi connectivity index (χ0) is 47.3. The molecule has 0 aliphatic carbocycles. The van der Waals surface area contributed by atoms with Crippen LogP contribution in [0.3, 0.4) is 0 Å². The summed E-state index contributed by atoms with van der Waals surface area (Å²) in [5.74, 6) is 1.62. The summed E-state index contributed by atoms with van der Waals surface area (Å²) in [5.41, 5.74) is 15.0. The molecule has 348 valence electrons. The Morgan fingerprint density at radius 2 is 1.11 bits per heavy atom. The topological polar surface area (TPSA) is 33.5 Å². The maximum absolute atomic E-state index is 14.2. The second-order valence-electron chi connectivity index (χ2n) is 18.6. The predicted octanol–water partition coefficient (Wildman–Crippen LogP) is 17.1. The number of benzene rings is 9. The Hall–Kier alpha value is -8.05. The van der Waals surface area contributed by atoms with E-state index in [0.717, 1.165) is 94.9 Å². The Kier molecular flexibility index (Phi) is 12.0. The van der Waals surface area contributed by atoms with Crippen LogP contribution in [0.1, 0.15) is 26.3 Å². The molecule has 11 aromatic rings. The number of aromatic nitrogens is 2. The first-order valence-corrected chi connectivity index (χ1v) is 23.5. The number of halogens is 1. The summed E-state index contributed by atoms with van der Waals surface area (Å²) in [7, 11) is 0. The van der Waals surface area contributed by atoms with Crippen LogP contribution in [0.4, 0.5) is 27.1 Å². The number of fused-ring (bicyclic) bond motifs is 4.